The number of nitrogens with one attached hydrogen (secondary N) is 1. The van der Waals surface area contributed by atoms with Gasteiger partial charge in [-0.3, -0.25) is 14.5 Å². The lowest BCUT2D eigenvalue weighted by Crippen LogP contribution is -2.57. The topological polar surface area (TPSA) is 120 Å². The van der Waals surface area contributed by atoms with Gasteiger partial charge in [-0.1, -0.05) is 12.1 Å². The fraction of sp³-hybridized carbons (Fsp3) is 0.667. The number of hydrogen-bond acceptors (Lipinski definition) is 6. The largest absolute Gasteiger partial charge is 0.494 e. The molecule has 0 spiro atoms. The molecule has 1 aromatic rings. The minimum absolute atomic E-state index is 0.0306. The number of piperidine rings is 1. The number of hydrogen-bond donors (Lipinski definition) is 2. The van der Waals surface area contributed by atoms with E-state index in [0.29, 0.717) is 11.9 Å². The molecule has 3 fully saturated rings. The Kier molecular flexibility index (Phi) is 7.33. The Morgan fingerprint density at radius 2 is 1.82 bits per heavy atom. The zero-order valence-electron chi connectivity index (χ0n) is 23.3. The van der Waals surface area contributed by atoms with Crippen molar-refractivity contribution < 1.29 is 32.8 Å². The molecule has 1 aromatic carbocycles. The van der Waals surface area contributed by atoms with Gasteiger partial charge in [0.1, 0.15) is 23.5 Å². The standard InChI is InChI=1S/C27H39BFN3O6/c1-25(2,3)36-24(35)32-18-11-9-16(12-18)21(32)23(34)31-20(22(30)33)13-15-8-10-17(14-19(15)29)28-37-26(4,5)27(6,7)38-28/h8,10,14,16,18,20-21H,9,11-13H2,1-7H3,(H2,30,33)(H,31,34)/t16?,18?,20-,21?/m0/s1. The van der Waals surface area contributed by atoms with E-state index in [2.05, 4.69) is 5.32 Å². The van der Waals surface area contributed by atoms with Gasteiger partial charge in [0.25, 0.3) is 0 Å². The molecule has 208 valence electrons. The molecule has 3 amide bonds. The molecule has 2 saturated heterocycles. The van der Waals surface area contributed by atoms with E-state index in [1.54, 1.807) is 32.9 Å². The van der Waals surface area contributed by atoms with Crippen LogP contribution in [0.3, 0.4) is 0 Å². The number of nitrogens with two attached hydrogens (primary N) is 1. The third kappa shape index (κ3) is 5.54. The molecule has 4 atom stereocenters. The summed E-state index contributed by atoms with van der Waals surface area (Å²) in [6.45, 7) is 13.0. The fourth-order valence-corrected chi connectivity index (χ4v) is 5.46. The van der Waals surface area contributed by atoms with Crippen molar-refractivity contribution >= 4 is 30.5 Å². The number of likely N-dealkylation sites (tertiary alicyclic amines) is 1. The highest BCUT2D eigenvalue weighted by atomic mass is 19.1. The summed E-state index contributed by atoms with van der Waals surface area (Å²) in [6.07, 6.45) is 1.62. The second-order valence-corrected chi connectivity index (χ2v) is 12.7. The third-order valence-corrected chi connectivity index (χ3v) is 8.14. The minimum atomic E-state index is -1.15. The number of benzene rings is 1. The molecule has 38 heavy (non-hydrogen) atoms. The number of primary amides is 1. The number of nitrogens with zero attached hydrogens (tertiary/aromatic N) is 1. The first-order valence-corrected chi connectivity index (χ1v) is 13.2. The van der Waals surface area contributed by atoms with Gasteiger partial charge in [-0.05, 0) is 90.7 Å². The van der Waals surface area contributed by atoms with Crippen LogP contribution >= 0.6 is 0 Å². The number of ether oxygens (including phenoxy) is 1. The van der Waals surface area contributed by atoms with Gasteiger partial charge in [0.2, 0.25) is 11.8 Å². The zero-order valence-corrected chi connectivity index (χ0v) is 23.3. The first kappa shape index (κ1) is 28.4. The molecule has 3 N–H and O–H groups in total. The quantitative estimate of drug-likeness (QED) is 0.545. The summed E-state index contributed by atoms with van der Waals surface area (Å²) in [5, 5.41) is 2.68. The SMILES string of the molecule is CC(C)(C)OC(=O)N1C2CCC(C2)C1C(=O)N[C@@H](Cc1ccc(B2OC(C)(C)C(C)(C)O2)cc1F)C(N)=O. The summed E-state index contributed by atoms with van der Waals surface area (Å²) >= 11 is 0. The molecule has 11 heteroatoms. The highest BCUT2D eigenvalue weighted by molar-refractivity contribution is 6.62. The highest BCUT2D eigenvalue weighted by Gasteiger charge is 2.53. The van der Waals surface area contributed by atoms with E-state index in [0.717, 1.165) is 12.8 Å². The van der Waals surface area contributed by atoms with Crippen LogP contribution in [0.15, 0.2) is 18.2 Å². The van der Waals surface area contributed by atoms with Crippen molar-refractivity contribution in [1.29, 1.82) is 0 Å². The normalized spacial score (nSPS) is 26.4. The van der Waals surface area contributed by atoms with Crippen molar-refractivity contribution in [3.8, 4) is 0 Å². The molecule has 2 bridgehead atoms. The summed E-state index contributed by atoms with van der Waals surface area (Å²) in [5.74, 6) is -1.87. The third-order valence-electron chi connectivity index (χ3n) is 8.14. The average Bonchev–Trinajstić information content (AvgIpc) is 3.44. The zero-order chi connectivity index (χ0) is 28.2. The van der Waals surface area contributed by atoms with Crippen LogP contribution in [0, 0.1) is 11.7 Å². The summed E-state index contributed by atoms with van der Waals surface area (Å²) in [5.41, 5.74) is 4.48. The number of fused-ring (bicyclic) bond motifs is 2. The Labute approximate surface area is 224 Å². The van der Waals surface area contributed by atoms with Crippen molar-refractivity contribution in [2.75, 3.05) is 0 Å². The second-order valence-electron chi connectivity index (χ2n) is 12.7. The molecule has 1 saturated carbocycles. The van der Waals surface area contributed by atoms with Gasteiger partial charge in [-0.15, -0.1) is 0 Å². The van der Waals surface area contributed by atoms with E-state index in [-0.39, 0.29) is 23.9 Å². The number of carbonyl (C=O) groups is 3. The summed E-state index contributed by atoms with van der Waals surface area (Å²) in [4.78, 5) is 40.0. The van der Waals surface area contributed by atoms with Crippen LogP contribution in [-0.2, 0) is 30.1 Å². The summed E-state index contributed by atoms with van der Waals surface area (Å²) < 4.78 is 32.7. The molecule has 3 aliphatic rings. The highest BCUT2D eigenvalue weighted by Crippen LogP contribution is 2.43. The monoisotopic (exact) mass is 531 g/mol. The van der Waals surface area contributed by atoms with Gasteiger partial charge in [-0.25, -0.2) is 9.18 Å². The number of halogens is 1. The Morgan fingerprint density at radius 1 is 1.18 bits per heavy atom. The van der Waals surface area contributed by atoms with Crippen LogP contribution in [-0.4, -0.2) is 64.9 Å². The molecule has 4 rings (SSSR count). The van der Waals surface area contributed by atoms with Crippen molar-refractivity contribution in [3.05, 3.63) is 29.6 Å². The summed E-state index contributed by atoms with van der Waals surface area (Å²) in [7, 11) is -0.730. The van der Waals surface area contributed by atoms with E-state index >= 15 is 4.39 Å². The fourth-order valence-electron chi connectivity index (χ4n) is 5.46. The van der Waals surface area contributed by atoms with Crippen LogP contribution in [0.2, 0.25) is 0 Å². The second kappa shape index (κ2) is 9.82. The van der Waals surface area contributed by atoms with Crippen LogP contribution in [0.25, 0.3) is 0 Å². The molecule has 3 unspecified atom stereocenters. The van der Waals surface area contributed by atoms with Gasteiger partial charge in [0, 0.05) is 12.5 Å². The molecule has 0 radical (unpaired) electrons. The predicted molar refractivity (Wildman–Crippen MR) is 140 cm³/mol. The van der Waals surface area contributed by atoms with Gasteiger partial charge >= 0.3 is 13.2 Å². The van der Waals surface area contributed by atoms with E-state index in [1.165, 1.54) is 11.0 Å². The average molecular weight is 531 g/mol. The van der Waals surface area contributed by atoms with Gasteiger partial charge in [-0.2, -0.15) is 0 Å². The van der Waals surface area contributed by atoms with Crippen LogP contribution in [0.4, 0.5) is 9.18 Å². The minimum Gasteiger partial charge on any atom is -0.444 e. The maximum atomic E-state index is 15.2. The summed E-state index contributed by atoms with van der Waals surface area (Å²) in [6, 6.07) is 2.54. The van der Waals surface area contributed by atoms with Gasteiger partial charge < -0.3 is 25.1 Å². The maximum absolute atomic E-state index is 15.2. The molecular formula is C27H39BFN3O6. The molecular weight excluding hydrogens is 492 g/mol. The van der Waals surface area contributed by atoms with Crippen molar-refractivity contribution in [2.24, 2.45) is 11.7 Å². The van der Waals surface area contributed by atoms with Crippen LogP contribution < -0.4 is 16.5 Å². The lowest BCUT2D eigenvalue weighted by Gasteiger charge is -2.36. The Morgan fingerprint density at radius 3 is 2.37 bits per heavy atom. The van der Waals surface area contributed by atoms with Crippen molar-refractivity contribution in [2.45, 2.75) is 109 Å². The van der Waals surface area contributed by atoms with Crippen LogP contribution in [0.1, 0.15) is 73.3 Å². The molecule has 9 nitrogen and oxygen atoms in total. The van der Waals surface area contributed by atoms with Crippen LogP contribution in [0.5, 0.6) is 0 Å². The van der Waals surface area contributed by atoms with E-state index in [1.807, 2.05) is 27.7 Å². The lowest BCUT2D eigenvalue weighted by molar-refractivity contribution is -0.132. The molecule has 0 aromatic heterocycles. The van der Waals surface area contributed by atoms with E-state index in [9.17, 15) is 14.4 Å². The van der Waals surface area contributed by atoms with Gasteiger partial charge in [0.05, 0.1) is 11.2 Å². The predicted octanol–water partition coefficient (Wildman–Crippen LogP) is 2.43. The number of amides is 3. The van der Waals surface area contributed by atoms with Gasteiger partial charge in [0.15, 0.2) is 0 Å². The molecule has 2 aliphatic heterocycles. The number of carbonyl (C=O) groups excluding carboxylic acids is 3. The molecule has 1 aliphatic carbocycles. The lowest BCUT2D eigenvalue weighted by atomic mass is 9.78. The van der Waals surface area contributed by atoms with Crippen molar-refractivity contribution in [1.82, 2.24) is 10.2 Å². The Balaban J connectivity index is 1.47. The first-order chi connectivity index (χ1) is 17.5. The Hall–Kier alpha value is -2.66. The smallest absolute Gasteiger partial charge is 0.444 e. The first-order valence-electron chi connectivity index (χ1n) is 13.2. The van der Waals surface area contributed by atoms with E-state index in [4.69, 9.17) is 19.8 Å². The number of rotatable bonds is 6. The van der Waals surface area contributed by atoms with E-state index < -0.39 is 59.7 Å². The van der Waals surface area contributed by atoms with Crippen molar-refractivity contribution in [3.63, 3.8) is 0 Å². The maximum Gasteiger partial charge on any atom is 0.494 e. The molecule has 2 heterocycles. The Bertz CT molecular complexity index is 1100.